The predicted molar refractivity (Wildman–Crippen MR) is 73.8 cm³/mol. The Morgan fingerprint density at radius 3 is 3.00 bits per heavy atom. The SMILES string of the molecule is CCn1nccc1C(=O)N[C@H](C)[C@@H]1C[C@@H]2CC[C@@H]1C2. The lowest BCUT2D eigenvalue weighted by Crippen LogP contribution is -2.40. The summed E-state index contributed by atoms with van der Waals surface area (Å²) in [5.41, 5.74) is 0.678. The lowest BCUT2D eigenvalue weighted by Gasteiger charge is -2.28. The first-order chi connectivity index (χ1) is 9.19. The average molecular weight is 261 g/mol. The van der Waals surface area contributed by atoms with Crippen molar-refractivity contribution in [3.05, 3.63) is 18.0 Å². The molecule has 3 rings (SSSR count). The van der Waals surface area contributed by atoms with Gasteiger partial charge in [0.05, 0.1) is 0 Å². The van der Waals surface area contributed by atoms with Crippen LogP contribution in [0.4, 0.5) is 0 Å². The lowest BCUT2D eigenvalue weighted by molar-refractivity contribution is 0.0904. The fraction of sp³-hybridized carbons (Fsp3) is 0.733. The molecule has 2 aliphatic carbocycles. The van der Waals surface area contributed by atoms with E-state index in [2.05, 4.69) is 17.3 Å². The highest BCUT2D eigenvalue weighted by atomic mass is 16.2. The number of nitrogens with zero attached hydrogens (tertiary/aromatic N) is 2. The van der Waals surface area contributed by atoms with Crippen LogP contribution in [0.15, 0.2) is 12.3 Å². The van der Waals surface area contributed by atoms with Crippen molar-refractivity contribution in [2.24, 2.45) is 17.8 Å². The number of hydrogen-bond acceptors (Lipinski definition) is 2. The normalized spacial score (nSPS) is 30.5. The van der Waals surface area contributed by atoms with E-state index in [9.17, 15) is 4.79 Å². The summed E-state index contributed by atoms with van der Waals surface area (Å²) >= 11 is 0. The molecule has 0 saturated heterocycles. The van der Waals surface area contributed by atoms with Crippen molar-refractivity contribution in [1.82, 2.24) is 15.1 Å². The van der Waals surface area contributed by atoms with Crippen molar-refractivity contribution < 1.29 is 4.79 Å². The smallest absolute Gasteiger partial charge is 0.269 e. The highest BCUT2D eigenvalue weighted by Gasteiger charge is 2.42. The zero-order valence-corrected chi connectivity index (χ0v) is 11.8. The molecule has 4 atom stereocenters. The maximum Gasteiger partial charge on any atom is 0.269 e. The first-order valence-corrected chi connectivity index (χ1v) is 7.51. The van der Waals surface area contributed by atoms with Gasteiger partial charge >= 0.3 is 0 Å². The number of aromatic nitrogens is 2. The molecule has 1 aromatic rings. The maximum absolute atomic E-state index is 12.3. The Balaban J connectivity index is 1.63. The van der Waals surface area contributed by atoms with Crippen LogP contribution in [0.1, 0.15) is 50.0 Å². The molecule has 4 heteroatoms. The van der Waals surface area contributed by atoms with Crippen LogP contribution in [0.25, 0.3) is 0 Å². The first kappa shape index (κ1) is 12.7. The summed E-state index contributed by atoms with van der Waals surface area (Å²) in [4.78, 5) is 12.3. The first-order valence-electron chi connectivity index (χ1n) is 7.51. The summed E-state index contributed by atoms with van der Waals surface area (Å²) in [5.74, 6) is 2.47. The van der Waals surface area contributed by atoms with Gasteiger partial charge in [-0.1, -0.05) is 6.42 Å². The van der Waals surface area contributed by atoms with Gasteiger partial charge in [-0.2, -0.15) is 5.10 Å². The van der Waals surface area contributed by atoms with Gasteiger partial charge in [-0.25, -0.2) is 0 Å². The zero-order chi connectivity index (χ0) is 13.4. The minimum atomic E-state index is 0.0228. The average Bonchev–Trinajstić information content (AvgIpc) is 3.13. The Kier molecular flexibility index (Phi) is 3.33. The molecule has 0 aliphatic heterocycles. The number of rotatable bonds is 4. The van der Waals surface area contributed by atoms with Crippen LogP contribution in [0.3, 0.4) is 0 Å². The number of hydrogen-bond donors (Lipinski definition) is 1. The molecule has 2 fully saturated rings. The Morgan fingerprint density at radius 2 is 2.37 bits per heavy atom. The number of nitrogens with one attached hydrogen (secondary N) is 1. The zero-order valence-electron chi connectivity index (χ0n) is 11.8. The van der Waals surface area contributed by atoms with Crippen molar-refractivity contribution in [1.29, 1.82) is 0 Å². The summed E-state index contributed by atoms with van der Waals surface area (Å²) < 4.78 is 1.75. The highest BCUT2D eigenvalue weighted by molar-refractivity contribution is 5.92. The largest absolute Gasteiger partial charge is 0.348 e. The molecule has 0 unspecified atom stereocenters. The second-order valence-corrected chi connectivity index (χ2v) is 6.13. The Morgan fingerprint density at radius 1 is 1.53 bits per heavy atom. The molecule has 2 saturated carbocycles. The van der Waals surface area contributed by atoms with Crippen LogP contribution in [-0.2, 0) is 6.54 Å². The molecule has 2 bridgehead atoms. The van der Waals surface area contributed by atoms with E-state index in [0.29, 0.717) is 11.6 Å². The molecule has 1 aromatic heterocycles. The van der Waals surface area contributed by atoms with Crippen LogP contribution < -0.4 is 5.32 Å². The molecule has 1 N–H and O–H groups in total. The van der Waals surface area contributed by atoms with Gasteiger partial charge in [0.1, 0.15) is 5.69 Å². The number of carbonyl (C=O) groups is 1. The van der Waals surface area contributed by atoms with Crippen molar-refractivity contribution in [2.45, 2.75) is 52.1 Å². The van der Waals surface area contributed by atoms with Gasteiger partial charge in [0.15, 0.2) is 0 Å². The third-order valence-electron chi connectivity index (χ3n) is 5.04. The summed E-state index contributed by atoms with van der Waals surface area (Å²) in [6.07, 6.45) is 7.16. The van der Waals surface area contributed by atoms with E-state index in [-0.39, 0.29) is 11.9 Å². The Labute approximate surface area is 114 Å². The van der Waals surface area contributed by atoms with Crippen molar-refractivity contribution in [3.63, 3.8) is 0 Å². The van der Waals surface area contributed by atoms with Crippen LogP contribution in [0.2, 0.25) is 0 Å². The maximum atomic E-state index is 12.3. The summed E-state index contributed by atoms with van der Waals surface area (Å²) in [6.45, 7) is 4.90. The van der Waals surface area contributed by atoms with Crippen LogP contribution in [0, 0.1) is 17.8 Å². The van der Waals surface area contributed by atoms with Crippen molar-refractivity contribution in [3.8, 4) is 0 Å². The summed E-state index contributed by atoms with van der Waals surface area (Å²) in [6, 6.07) is 2.08. The van der Waals surface area contributed by atoms with Gasteiger partial charge < -0.3 is 5.32 Å². The predicted octanol–water partition coefficient (Wildman–Crippen LogP) is 2.46. The van der Waals surface area contributed by atoms with E-state index < -0.39 is 0 Å². The third-order valence-corrected chi connectivity index (χ3v) is 5.04. The van der Waals surface area contributed by atoms with Crippen LogP contribution >= 0.6 is 0 Å². The molecule has 0 aromatic carbocycles. The second kappa shape index (κ2) is 4.99. The van der Waals surface area contributed by atoms with Crippen molar-refractivity contribution >= 4 is 5.91 Å². The Hall–Kier alpha value is -1.32. The summed E-state index contributed by atoms with van der Waals surface area (Å²) in [5, 5.41) is 7.34. The molecule has 0 spiro atoms. The minimum Gasteiger partial charge on any atom is -0.348 e. The minimum absolute atomic E-state index is 0.0228. The molecule has 19 heavy (non-hydrogen) atoms. The van der Waals surface area contributed by atoms with Crippen LogP contribution in [0.5, 0.6) is 0 Å². The molecule has 2 aliphatic rings. The molecule has 104 valence electrons. The van der Waals surface area contributed by atoms with Crippen molar-refractivity contribution in [2.75, 3.05) is 0 Å². The number of fused-ring (bicyclic) bond motifs is 2. The van der Waals surface area contributed by atoms with E-state index in [1.54, 1.807) is 16.9 Å². The third kappa shape index (κ3) is 2.28. The summed E-state index contributed by atoms with van der Waals surface area (Å²) in [7, 11) is 0. The highest BCUT2D eigenvalue weighted by Crippen LogP contribution is 2.49. The van der Waals surface area contributed by atoms with Gasteiger partial charge in [0, 0.05) is 18.8 Å². The monoisotopic (exact) mass is 261 g/mol. The molecule has 1 heterocycles. The Bertz CT molecular complexity index is 468. The van der Waals surface area contributed by atoms with Crippen LogP contribution in [-0.4, -0.2) is 21.7 Å². The van der Waals surface area contributed by atoms with E-state index >= 15 is 0 Å². The standard InChI is InChI=1S/C15H23N3O/c1-3-18-14(6-7-16-18)15(19)17-10(2)13-9-11-4-5-12(13)8-11/h6-7,10-13H,3-5,8-9H2,1-2H3,(H,17,19)/t10-,11-,12-,13+/m1/s1. The molecular weight excluding hydrogens is 238 g/mol. The van der Waals surface area contributed by atoms with E-state index in [0.717, 1.165) is 18.4 Å². The quantitative estimate of drug-likeness (QED) is 0.905. The number of aryl methyl sites for hydroxylation is 1. The second-order valence-electron chi connectivity index (χ2n) is 6.13. The van der Waals surface area contributed by atoms with E-state index in [1.807, 2.05) is 6.92 Å². The fourth-order valence-corrected chi connectivity index (χ4v) is 4.07. The molecule has 1 amide bonds. The van der Waals surface area contributed by atoms with Gasteiger partial charge in [-0.15, -0.1) is 0 Å². The van der Waals surface area contributed by atoms with Gasteiger partial charge in [-0.05, 0) is 56.9 Å². The lowest BCUT2D eigenvalue weighted by atomic mass is 9.84. The molecular formula is C15H23N3O. The number of amides is 1. The molecule has 4 nitrogen and oxygen atoms in total. The fourth-order valence-electron chi connectivity index (χ4n) is 4.07. The van der Waals surface area contributed by atoms with Gasteiger partial charge in [0.25, 0.3) is 5.91 Å². The van der Waals surface area contributed by atoms with Gasteiger partial charge in [0.2, 0.25) is 0 Å². The molecule has 0 radical (unpaired) electrons. The van der Waals surface area contributed by atoms with E-state index in [1.165, 1.54) is 25.7 Å². The van der Waals surface area contributed by atoms with Gasteiger partial charge in [-0.3, -0.25) is 9.48 Å². The topological polar surface area (TPSA) is 46.9 Å². The van der Waals surface area contributed by atoms with E-state index in [4.69, 9.17) is 0 Å². The number of carbonyl (C=O) groups excluding carboxylic acids is 1.